The minimum Gasteiger partial charge on any atom is -0.496 e. The highest BCUT2D eigenvalue weighted by Gasteiger charge is 2.20. The van der Waals surface area contributed by atoms with Crippen molar-refractivity contribution in [1.29, 1.82) is 0 Å². The van der Waals surface area contributed by atoms with Gasteiger partial charge in [0.05, 0.1) is 14.2 Å². The van der Waals surface area contributed by atoms with Crippen molar-refractivity contribution < 1.29 is 18.7 Å². The van der Waals surface area contributed by atoms with E-state index in [0.717, 1.165) is 6.07 Å². The highest BCUT2D eigenvalue weighted by molar-refractivity contribution is 5.78. The largest absolute Gasteiger partial charge is 0.496 e. The Bertz CT molecular complexity index is 368. The Kier molecular flexibility index (Phi) is 3.62. The van der Waals surface area contributed by atoms with Crippen LogP contribution in [0.1, 0.15) is 11.6 Å². The van der Waals surface area contributed by atoms with Crippen LogP contribution in [0, 0.1) is 5.82 Å². The summed E-state index contributed by atoms with van der Waals surface area (Å²) < 4.78 is 22.2. The molecule has 0 spiro atoms. The number of methoxy groups -OCH3 is 2. The SMILES string of the molecule is COC(=O)C(N)c1ccc(F)cc1OC. The third-order valence-corrected chi connectivity index (χ3v) is 1.99. The van der Waals surface area contributed by atoms with Gasteiger partial charge in [0.2, 0.25) is 0 Å². The van der Waals surface area contributed by atoms with E-state index in [1.165, 1.54) is 26.4 Å². The molecule has 0 saturated heterocycles. The summed E-state index contributed by atoms with van der Waals surface area (Å²) in [5, 5.41) is 0. The zero-order valence-electron chi connectivity index (χ0n) is 8.49. The van der Waals surface area contributed by atoms with Crippen LogP contribution in [0.25, 0.3) is 0 Å². The molecule has 0 aliphatic heterocycles. The maximum Gasteiger partial charge on any atom is 0.327 e. The fourth-order valence-electron chi connectivity index (χ4n) is 1.20. The summed E-state index contributed by atoms with van der Waals surface area (Å²) in [6.07, 6.45) is 0. The first-order valence-corrected chi connectivity index (χ1v) is 4.27. The van der Waals surface area contributed by atoms with E-state index < -0.39 is 17.8 Å². The molecule has 1 atom stereocenters. The number of hydrogen-bond acceptors (Lipinski definition) is 4. The number of carbonyl (C=O) groups excluding carboxylic acids is 1. The summed E-state index contributed by atoms with van der Waals surface area (Å²) in [6.45, 7) is 0. The second-order valence-electron chi connectivity index (χ2n) is 2.89. The smallest absolute Gasteiger partial charge is 0.327 e. The minimum atomic E-state index is -0.967. The molecule has 1 aromatic carbocycles. The van der Waals surface area contributed by atoms with Gasteiger partial charge in [0.1, 0.15) is 17.6 Å². The van der Waals surface area contributed by atoms with Crippen LogP contribution in [-0.2, 0) is 9.53 Å². The molecule has 0 aromatic heterocycles. The molecule has 0 amide bonds. The Morgan fingerprint density at radius 3 is 2.67 bits per heavy atom. The molecule has 1 unspecified atom stereocenters. The molecule has 4 nitrogen and oxygen atoms in total. The van der Waals surface area contributed by atoms with Gasteiger partial charge >= 0.3 is 5.97 Å². The first-order chi connectivity index (χ1) is 7.10. The fraction of sp³-hybridized carbons (Fsp3) is 0.300. The van der Waals surface area contributed by atoms with Crippen molar-refractivity contribution in [2.75, 3.05) is 14.2 Å². The maximum atomic E-state index is 12.8. The maximum absolute atomic E-state index is 12.8. The van der Waals surface area contributed by atoms with Gasteiger partial charge in [-0.2, -0.15) is 0 Å². The van der Waals surface area contributed by atoms with E-state index in [-0.39, 0.29) is 5.75 Å². The van der Waals surface area contributed by atoms with E-state index in [4.69, 9.17) is 10.5 Å². The average Bonchev–Trinajstić information content (AvgIpc) is 2.26. The Morgan fingerprint density at radius 2 is 2.13 bits per heavy atom. The normalized spacial score (nSPS) is 12.0. The lowest BCUT2D eigenvalue weighted by Gasteiger charge is -2.13. The summed E-state index contributed by atoms with van der Waals surface area (Å²) in [5.74, 6) is -0.819. The monoisotopic (exact) mass is 213 g/mol. The van der Waals surface area contributed by atoms with Crippen molar-refractivity contribution in [1.82, 2.24) is 0 Å². The lowest BCUT2D eigenvalue weighted by Crippen LogP contribution is -2.23. The quantitative estimate of drug-likeness (QED) is 0.761. The molecule has 15 heavy (non-hydrogen) atoms. The highest BCUT2D eigenvalue weighted by Crippen LogP contribution is 2.25. The topological polar surface area (TPSA) is 61.5 Å². The van der Waals surface area contributed by atoms with Gasteiger partial charge in [-0.15, -0.1) is 0 Å². The van der Waals surface area contributed by atoms with E-state index in [0.29, 0.717) is 5.56 Å². The van der Waals surface area contributed by atoms with Crippen molar-refractivity contribution in [3.8, 4) is 5.75 Å². The molecule has 0 heterocycles. The summed E-state index contributed by atoms with van der Waals surface area (Å²) in [5.41, 5.74) is 5.99. The number of rotatable bonds is 3. The summed E-state index contributed by atoms with van der Waals surface area (Å²) in [4.78, 5) is 11.2. The third kappa shape index (κ3) is 2.44. The van der Waals surface area contributed by atoms with Crippen molar-refractivity contribution >= 4 is 5.97 Å². The molecule has 0 saturated carbocycles. The number of benzene rings is 1. The van der Waals surface area contributed by atoms with Crippen LogP contribution in [0.5, 0.6) is 5.75 Å². The molecule has 5 heteroatoms. The van der Waals surface area contributed by atoms with E-state index in [1.807, 2.05) is 0 Å². The van der Waals surface area contributed by atoms with Gasteiger partial charge in [-0.05, 0) is 6.07 Å². The molecule has 0 radical (unpaired) electrons. The lowest BCUT2D eigenvalue weighted by atomic mass is 10.1. The standard InChI is InChI=1S/C10H12FNO3/c1-14-8-5-6(11)3-4-7(8)9(12)10(13)15-2/h3-5,9H,12H2,1-2H3. The number of ether oxygens (including phenoxy) is 2. The molecule has 1 rings (SSSR count). The number of carbonyl (C=O) groups is 1. The van der Waals surface area contributed by atoms with Crippen LogP contribution < -0.4 is 10.5 Å². The molecular formula is C10H12FNO3. The average molecular weight is 213 g/mol. The Hall–Kier alpha value is -1.62. The zero-order chi connectivity index (χ0) is 11.4. The number of nitrogens with two attached hydrogens (primary N) is 1. The number of esters is 1. The van der Waals surface area contributed by atoms with Gasteiger partial charge in [-0.25, -0.2) is 4.39 Å². The van der Waals surface area contributed by atoms with Crippen molar-refractivity contribution in [2.45, 2.75) is 6.04 Å². The second-order valence-corrected chi connectivity index (χ2v) is 2.89. The summed E-state index contributed by atoms with van der Waals surface area (Å²) in [6, 6.07) is 2.81. The van der Waals surface area contributed by atoms with Crippen LogP contribution in [0.3, 0.4) is 0 Å². The van der Waals surface area contributed by atoms with Gasteiger partial charge < -0.3 is 15.2 Å². The van der Waals surface area contributed by atoms with Crippen LogP contribution in [0.4, 0.5) is 4.39 Å². The van der Waals surface area contributed by atoms with Crippen molar-refractivity contribution in [2.24, 2.45) is 5.73 Å². The first kappa shape index (κ1) is 11.5. The predicted octanol–water partition coefficient (Wildman–Crippen LogP) is 1.01. The fourth-order valence-corrected chi connectivity index (χ4v) is 1.20. The van der Waals surface area contributed by atoms with Crippen LogP contribution in [-0.4, -0.2) is 20.2 Å². The van der Waals surface area contributed by atoms with Crippen LogP contribution >= 0.6 is 0 Å². The molecule has 1 aromatic rings. The summed E-state index contributed by atoms with van der Waals surface area (Å²) >= 11 is 0. The van der Waals surface area contributed by atoms with Gasteiger partial charge in [-0.3, -0.25) is 4.79 Å². The molecule has 0 bridgehead atoms. The Balaban J connectivity index is 3.07. The van der Waals surface area contributed by atoms with Gasteiger partial charge in [0.25, 0.3) is 0 Å². The van der Waals surface area contributed by atoms with Gasteiger partial charge in [0.15, 0.2) is 0 Å². The minimum absolute atomic E-state index is 0.230. The summed E-state index contributed by atoms with van der Waals surface area (Å²) in [7, 11) is 2.61. The lowest BCUT2D eigenvalue weighted by molar-refractivity contribution is -0.142. The van der Waals surface area contributed by atoms with Gasteiger partial charge in [0, 0.05) is 11.6 Å². The van der Waals surface area contributed by atoms with Gasteiger partial charge in [-0.1, -0.05) is 6.07 Å². The number of halogens is 1. The van der Waals surface area contributed by atoms with E-state index in [1.54, 1.807) is 0 Å². The highest BCUT2D eigenvalue weighted by atomic mass is 19.1. The van der Waals surface area contributed by atoms with E-state index >= 15 is 0 Å². The Labute approximate surface area is 86.8 Å². The molecule has 0 fully saturated rings. The molecule has 0 aliphatic carbocycles. The second kappa shape index (κ2) is 4.75. The van der Waals surface area contributed by atoms with Crippen molar-refractivity contribution in [3.63, 3.8) is 0 Å². The van der Waals surface area contributed by atoms with Crippen molar-refractivity contribution in [3.05, 3.63) is 29.6 Å². The Morgan fingerprint density at radius 1 is 1.47 bits per heavy atom. The molecule has 0 aliphatic rings. The third-order valence-electron chi connectivity index (χ3n) is 1.99. The predicted molar refractivity (Wildman–Crippen MR) is 51.9 cm³/mol. The number of hydrogen-bond donors (Lipinski definition) is 1. The molecule has 2 N–H and O–H groups in total. The van der Waals surface area contributed by atoms with E-state index in [9.17, 15) is 9.18 Å². The zero-order valence-corrected chi connectivity index (χ0v) is 8.49. The van der Waals surface area contributed by atoms with Crippen LogP contribution in [0.15, 0.2) is 18.2 Å². The van der Waals surface area contributed by atoms with Crippen LogP contribution in [0.2, 0.25) is 0 Å². The molecule has 82 valence electrons. The first-order valence-electron chi connectivity index (χ1n) is 4.27. The van der Waals surface area contributed by atoms with E-state index in [2.05, 4.69) is 4.74 Å². The molecular weight excluding hydrogens is 201 g/mol.